The van der Waals surface area contributed by atoms with Crippen molar-refractivity contribution in [2.24, 2.45) is 0 Å². The second-order valence-electron chi connectivity index (χ2n) is 3.99. The van der Waals surface area contributed by atoms with E-state index in [9.17, 15) is 17.6 Å². The van der Waals surface area contributed by atoms with Gasteiger partial charge in [0.15, 0.2) is 0 Å². The maximum atomic E-state index is 12.6. The zero-order chi connectivity index (χ0) is 13.3. The van der Waals surface area contributed by atoms with Crippen LogP contribution in [-0.4, -0.2) is 38.1 Å². The Labute approximate surface area is 99.7 Å². The summed E-state index contributed by atoms with van der Waals surface area (Å²) in [5.41, 5.74) is 0. The van der Waals surface area contributed by atoms with Crippen molar-refractivity contribution in [2.45, 2.75) is 51.6 Å². The van der Waals surface area contributed by atoms with Gasteiger partial charge < -0.3 is 10.1 Å². The lowest BCUT2D eigenvalue weighted by Gasteiger charge is -2.21. The van der Waals surface area contributed by atoms with Gasteiger partial charge in [-0.1, -0.05) is 20.3 Å². The number of rotatable bonds is 10. The Hall–Kier alpha value is -0.360. The van der Waals surface area contributed by atoms with Crippen LogP contribution in [0.4, 0.5) is 17.6 Å². The fourth-order valence-corrected chi connectivity index (χ4v) is 1.30. The van der Waals surface area contributed by atoms with Crippen LogP contribution < -0.4 is 5.32 Å². The maximum Gasteiger partial charge on any atom is 0.330 e. The van der Waals surface area contributed by atoms with Crippen molar-refractivity contribution in [3.63, 3.8) is 0 Å². The van der Waals surface area contributed by atoms with Crippen molar-refractivity contribution in [2.75, 3.05) is 19.7 Å². The van der Waals surface area contributed by atoms with Gasteiger partial charge in [-0.3, -0.25) is 0 Å². The minimum absolute atomic E-state index is 0.418. The highest BCUT2D eigenvalue weighted by Crippen LogP contribution is 2.23. The first kappa shape index (κ1) is 16.6. The molecule has 0 rings (SSSR count). The van der Waals surface area contributed by atoms with Crippen LogP contribution in [0.25, 0.3) is 0 Å². The van der Waals surface area contributed by atoms with Crippen LogP contribution >= 0.6 is 0 Å². The van der Waals surface area contributed by atoms with Crippen LogP contribution in [0.3, 0.4) is 0 Å². The zero-order valence-electron chi connectivity index (χ0n) is 10.3. The molecule has 2 nitrogen and oxygen atoms in total. The van der Waals surface area contributed by atoms with Gasteiger partial charge in [0.1, 0.15) is 6.61 Å². The summed E-state index contributed by atoms with van der Waals surface area (Å²) in [4.78, 5) is 0. The molecule has 0 aromatic heterocycles. The maximum absolute atomic E-state index is 12.6. The molecule has 0 radical (unpaired) electrons. The van der Waals surface area contributed by atoms with Gasteiger partial charge in [-0.05, 0) is 19.4 Å². The molecule has 0 aromatic rings. The first-order valence-electron chi connectivity index (χ1n) is 5.92. The Kier molecular flexibility index (Phi) is 8.51. The van der Waals surface area contributed by atoms with E-state index in [0.29, 0.717) is 13.0 Å². The van der Waals surface area contributed by atoms with E-state index < -0.39 is 25.1 Å². The summed E-state index contributed by atoms with van der Waals surface area (Å²) < 4.78 is 54.0. The van der Waals surface area contributed by atoms with Crippen LogP contribution in [0, 0.1) is 0 Å². The van der Waals surface area contributed by atoms with Gasteiger partial charge in [-0.15, -0.1) is 0 Å². The fourth-order valence-electron chi connectivity index (χ4n) is 1.30. The highest BCUT2D eigenvalue weighted by molar-refractivity contribution is 4.70. The van der Waals surface area contributed by atoms with E-state index >= 15 is 0 Å². The third kappa shape index (κ3) is 7.54. The predicted octanol–water partition coefficient (Wildman–Crippen LogP) is 3.07. The van der Waals surface area contributed by atoms with E-state index in [1.807, 2.05) is 13.8 Å². The van der Waals surface area contributed by atoms with Crippen molar-refractivity contribution < 1.29 is 22.3 Å². The molecule has 0 saturated carbocycles. The highest BCUT2D eigenvalue weighted by Gasteiger charge is 2.41. The first-order valence-corrected chi connectivity index (χ1v) is 5.92. The predicted molar refractivity (Wildman–Crippen MR) is 58.8 cm³/mol. The molecule has 1 atom stereocenters. The molecule has 0 aromatic carbocycles. The minimum Gasteiger partial charge on any atom is -0.370 e. The number of nitrogens with one attached hydrogen (secondary N) is 1. The van der Waals surface area contributed by atoms with E-state index in [1.54, 1.807) is 0 Å². The third-order valence-corrected chi connectivity index (χ3v) is 2.24. The Bertz CT molecular complexity index is 190. The second kappa shape index (κ2) is 8.69. The van der Waals surface area contributed by atoms with Gasteiger partial charge in [-0.25, -0.2) is 8.78 Å². The number of hydrogen-bond acceptors (Lipinski definition) is 2. The van der Waals surface area contributed by atoms with Gasteiger partial charge in [0.25, 0.3) is 0 Å². The van der Waals surface area contributed by atoms with Crippen LogP contribution in [0.15, 0.2) is 0 Å². The highest BCUT2D eigenvalue weighted by atomic mass is 19.3. The van der Waals surface area contributed by atoms with Crippen LogP contribution in [0.5, 0.6) is 0 Å². The van der Waals surface area contributed by atoms with Gasteiger partial charge in [0.2, 0.25) is 0 Å². The Morgan fingerprint density at radius 2 is 1.82 bits per heavy atom. The lowest BCUT2D eigenvalue weighted by atomic mass is 10.2. The molecular weight excluding hydrogens is 238 g/mol. The Morgan fingerprint density at radius 1 is 1.18 bits per heavy atom. The summed E-state index contributed by atoms with van der Waals surface area (Å²) >= 11 is 0. The number of alkyl halides is 4. The smallest absolute Gasteiger partial charge is 0.330 e. The molecular formula is C11H21F4NO. The summed E-state index contributed by atoms with van der Waals surface area (Å²) in [6.07, 6.45) is -1.84. The van der Waals surface area contributed by atoms with E-state index in [4.69, 9.17) is 4.74 Å². The van der Waals surface area contributed by atoms with Crippen molar-refractivity contribution in [3.05, 3.63) is 0 Å². The molecule has 1 N–H and O–H groups in total. The van der Waals surface area contributed by atoms with Crippen LogP contribution in [0.1, 0.15) is 33.1 Å². The number of hydrogen-bond donors (Lipinski definition) is 1. The second-order valence-corrected chi connectivity index (χ2v) is 3.99. The molecule has 0 spiro atoms. The topological polar surface area (TPSA) is 21.3 Å². The van der Waals surface area contributed by atoms with Gasteiger partial charge in [0, 0.05) is 6.54 Å². The SMILES string of the molecule is CCCNCC(CCC)OCC(F)(F)C(F)F. The summed E-state index contributed by atoms with van der Waals surface area (Å²) in [5.74, 6) is -4.06. The molecule has 104 valence electrons. The van der Waals surface area contributed by atoms with Crippen LogP contribution in [0.2, 0.25) is 0 Å². The molecule has 0 aliphatic heterocycles. The first-order chi connectivity index (χ1) is 7.94. The molecule has 1 unspecified atom stereocenters. The summed E-state index contributed by atoms with van der Waals surface area (Å²) in [5, 5.41) is 3.03. The van der Waals surface area contributed by atoms with Crippen molar-refractivity contribution >= 4 is 0 Å². The molecule has 0 fully saturated rings. The lowest BCUT2D eigenvalue weighted by Crippen LogP contribution is -2.37. The summed E-state index contributed by atoms with van der Waals surface area (Å²) in [7, 11) is 0. The van der Waals surface area contributed by atoms with Gasteiger partial charge in [-0.2, -0.15) is 8.78 Å². The fraction of sp³-hybridized carbons (Fsp3) is 1.00. The van der Waals surface area contributed by atoms with Crippen molar-refractivity contribution in [1.29, 1.82) is 0 Å². The van der Waals surface area contributed by atoms with E-state index in [2.05, 4.69) is 5.32 Å². The van der Waals surface area contributed by atoms with Gasteiger partial charge >= 0.3 is 12.3 Å². The Morgan fingerprint density at radius 3 is 2.29 bits per heavy atom. The lowest BCUT2D eigenvalue weighted by molar-refractivity contribution is -0.176. The normalized spacial score (nSPS) is 14.3. The minimum atomic E-state index is -4.06. The van der Waals surface area contributed by atoms with Crippen molar-refractivity contribution in [1.82, 2.24) is 5.32 Å². The average Bonchev–Trinajstić information content (AvgIpc) is 2.26. The van der Waals surface area contributed by atoms with Crippen molar-refractivity contribution in [3.8, 4) is 0 Å². The van der Waals surface area contributed by atoms with Gasteiger partial charge in [0.05, 0.1) is 6.10 Å². The third-order valence-electron chi connectivity index (χ3n) is 2.24. The zero-order valence-corrected chi connectivity index (χ0v) is 10.3. The largest absolute Gasteiger partial charge is 0.370 e. The quantitative estimate of drug-likeness (QED) is 0.481. The van der Waals surface area contributed by atoms with E-state index in [-0.39, 0.29) is 0 Å². The molecule has 0 saturated heterocycles. The van der Waals surface area contributed by atoms with Crippen LogP contribution in [-0.2, 0) is 4.74 Å². The standard InChI is InChI=1S/C11H21F4NO/c1-3-5-9(7-16-6-4-2)17-8-11(14,15)10(12)13/h9-10,16H,3-8H2,1-2H3. The van der Waals surface area contributed by atoms with E-state index in [0.717, 1.165) is 19.4 Å². The molecule has 0 amide bonds. The molecule has 0 aliphatic carbocycles. The summed E-state index contributed by atoms with van der Waals surface area (Å²) in [6, 6.07) is 0. The molecule has 0 bridgehead atoms. The molecule has 6 heteroatoms. The molecule has 0 heterocycles. The monoisotopic (exact) mass is 259 g/mol. The Balaban J connectivity index is 3.98. The average molecular weight is 259 g/mol. The summed E-state index contributed by atoms with van der Waals surface area (Å²) in [6.45, 7) is 3.83. The molecule has 0 aliphatic rings. The van der Waals surface area contributed by atoms with E-state index in [1.165, 1.54) is 0 Å². The molecule has 17 heavy (non-hydrogen) atoms. The number of halogens is 4. The number of ether oxygens (including phenoxy) is 1.